The Balaban J connectivity index is 3.02. The van der Waals surface area contributed by atoms with Crippen molar-refractivity contribution in [3.05, 3.63) is 23.2 Å². The van der Waals surface area contributed by atoms with E-state index in [0.29, 0.717) is 0 Å². The molecule has 0 fully saturated rings. The molecule has 1 rings (SSSR count). The van der Waals surface area contributed by atoms with Crippen LogP contribution in [0.3, 0.4) is 0 Å². The molecule has 0 amide bonds. The molecule has 3 heteroatoms. The molecule has 0 saturated carbocycles. The van der Waals surface area contributed by atoms with Crippen molar-refractivity contribution in [2.24, 2.45) is 0 Å². The predicted octanol–water partition coefficient (Wildman–Crippen LogP) is 0.839. The van der Waals surface area contributed by atoms with E-state index in [4.69, 9.17) is 0 Å². The molecule has 34 valence electrons. The van der Waals surface area contributed by atoms with Gasteiger partial charge in [-0.3, -0.25) is 0 Å². The van der Waals surface area contributed by atoms with E-state index in [0.717, 1.165) is 4.47 Å². The first-order chi connectivity index (χ1) is 3.39. The van der Waals surface area contributed by atoms with Gasteiger partial charge in [-0.05, 0) is 15.9 Å². The number of aromatic nitrogens is 2. The molecular formula is C4HBrN2. The van der Waals surface area contributed by atoms with Crippen LogP contribution in [0.15, 0.2) is 10.7 Å². The van der Waals surface area contributed by atoms with Gasteiger partial charge in [-0.1, -0.05) is 0 Å². The smallest absolute Gasteiger partial charge is 0.198 e. The molecule has 0 N–H and O–H groups in total. The molecule has 7 heavy (non-hydrogen) atoms. The Morgan fingerprint density at radius 2 is 2.57 bits per heavy atom. The van der Waals surface area contributed by atoms with Crippen molar-refractivity contribution in [2.75, 3.05) is 0 Å². The third-order valence-corrected chi connectivity index (χ3v) is 0.830. The van der Waals surface area contributed by atoms with Crippen LogP contribution in [0.4, 0.5) is 0 Å². The first-order valence-corrected chi connectivity index (χ1v) is 2.45. The summed E-state index contributed by atoms with van der Waals surface area (Å²) in [6.07, 6.45) is 6.50. The maximum Gasteiger partial charge on any atom is 0.198 e. The summed E-state index contributed by atoms with van der Waals surface area (Å²) in [6, 6.07) is 0. The molecule has 0 atom stereocenters. The van der Waals surface area contributed by atoms with Crippen molar-refractivity contribution >= 4 is 15.9 Å². The number of hydrogen-bond donors (Lipinski definition) is 0. The minimum Gasteiger partial charge on any atom is -0.233 e. The van der Waals surface area contributed by atoms with Crippen LogP contribution < -0.4 is 0 Å². The SMILES string of the molecule is Brc1[c]n[c]nc1. The summed E-state index contributed by atoms with van der Waals surface area (Å²) in [5.74, 6) is 0. The zero-order chi connectivity index (χ0) is 5.11. The first-order valence-electron chi connectivity index (χ1n) is 1.66. The summed E-state index contributed by atoms with van der Waals surface area (Å²) in [6.45, 7) is 0. The summed E-state index contributed by atoms with van der Waals surface area (Å²) < 4.78 is 0.756. The zero-order valence-electron chi connectivity index (χ0n) is 3.35. The highest BCUT2D eigenvalue weighted by Crippen LogP contribution is 1.99. The van der Waals surface area contributed by atoms with E-state index >= 15 is 0 Å². The fourth-order valence-electron chi connectivity index (χ4n) is 0.222. The van der Waals surface area contributed by atoms with Gasteiger partial charge in [0.15, 0.2) is 6.33 Å². The van der Waals surface area contributed by atoms with Crippen molar-refractivity contribution in [3.63, 3.8) is 0 Å². The second-order valence-electron chi connectivity index (χ2n) is 0.930. The molecule has 0 aliphatic rings. The van der Waals surface area contributed by atoms with Crippen LogP contribution in [-0.4, -0.2) is 9.97 Å². The van der Waals surface area contributed by atoms with E-state index in [-0.39, 0.29) is 0 Å². The van der Waals surface area contributed by atoms with Gasteiger partial charge in [0.2, 0.25) is 0 Å². The number of halogens is 1. The molecule has 1 heterocycles. The molecule has 0 unspecified atom stereocenters. The Kier molecular flexibility index (Phi) is 1.36. The highest BCUT2D eigenvalue weighted by molar-refractivity contribution is 9.10. The van der Waals surface area contributed by atoms with Crippen molar-refractivity contribution in [1.82, 2.24) is 9.97 Å². The lowest BCUT2D eigenvalue weighted by atomic mass is 10.7. The Morgan fingerprint density at radius 3 is 2.86 bits per heavy atom. The average molecular weight is 157 g/mol. The fourth-order valence-corrected chi connectivity index (χ4v) is 0.413. The van der Waals surface area contributed by atoms with Crippen LogP contribution in [0, 0.1) is 12.5 Å². The molecule has 0 aromatic carbocycles. The molecule has 1 aromatic heterocycles. The second kappa shape index (κ2) is 2.02. The van der Waals surface area contributed by atoms with Crippen molar-refractivity contribution < 1.29 is 0 Å². The van der Waals surface area contributed by atoms with E-state index in [2.05, 4.69) is 38.4 Å². The van der Waals surface area contributed by atoms with Gasteiger partial charge >= 0.3 is 0 Å². The molecule has 0 saturated heterocycles. The molecule has 1 aromatic rings. The minimum atomic E-state index is 0.756. The molecule has 2 radical (unpaired) electrons. The normalized spacial score (nSPS) is 8.71. The van der Waals surface area contributed by atoms with Gasteiger partial charge in [0.05, 0.1) is 4.47 Å². The third kappa shape index (κ3) is 1.23. The summed E-state index contributed by atoms with van der Waals surface area (Å²) >= 11 is 3.11. The lowest BCUT2D eigenvalue weighted by Gasteiger charge is -1.77. The summed E-state index contributed by atoms with van der Waals surface area (Å²) in [7, 11) is 0. The van der Waals surface area contributed by atoms with E-state index in [1.807, 2.05) is 0 Å². The predicted molar refractivity (Wildman–Crippen MR) is 27.4 cm³/mol. The van der Waals surface area contributed by atoms with Crippen LogP contribution in [0.25, 0.3) is 0 Å². The van der Waals surface area contributed by atoms with Gasteiger partial charge < -0.3 is 0 Å². The lowest BCUT2D eigenvalue weighted by Crippen LogP contribution is -1.73. The highest BCUT2D eigenvalue weighted by Gasteiger charge is 1.79. The highest BCUT2D eigenvalue weighted by atomic mass is 79.9. The monoisotopic (exact) mass is 156 g/mol. The minimum absolute atomic E-state index is 0.756. The second-order valence-corrected chi connectivity index (χ2v) is 1.78. The van der Waals surface area contributed by atoms with E-state index in [1.165, 1.54) is 0 Å². The van der Waals surface area contributed by atoms with Gasteiger partial charge in [-0.15, -0.1) is 0 Å². The Labute approximate surface area is 49.7 Å². The van der Waals surface area contributed by atoms with E-state index < -0.39 is 0 Å². The maximum absolute atomic E-state index is 3.57. The topological polar surface area (TPSA) is 25.8 Å². The number of rotatable bonds is 0. The van der Waals surface area contributed by atoms with Crippen LogP contribution in [0.5, 0.6) is 0 Å². The molecular weight excluding hydrogens is 156 g/mol. The molecule has 0 aliphatic carbocycles. The lowest BCUT2D eigenvalue weighted by molar-refractivity contribution is 1.12. The first kappa shape index (κ1) is 4.71. The summed E-state index contributed by atoms with van der Waals surface area (Å²) in [4.78, 5) is 7.05. The van der Waals surface area contributed by atoms with Gasteiger partial charge in [0.25, 0.3) is 0 Å². The summed E-state index contributed by atoms with van der Waals surface area (Å²) in [5, 5.41) is 0. The van der Waals surface area contributed by atoms with Gasteiger partial charge in [-0.2, -0.15) is 0 Å². The van der Waals surface area contributed by atoms with Crippen LogP contribution in [0.2, 0.25) is 0 Å². The van der Waals surface area contributed by atoms with Crippen LogP contribution >= 0.6 is 15.9 Å². The zero-order valence-corrected chi connectivity index (χ0v) is 4.94. The Hall–Kier alpha value is -0.440. The fraction of sp³-hybridized carbons (Fsp3) is 0. The van der Waals surface area contributed by atoms with Gasteiger partial charge in [0, 0.05) is 6.20 Å². The average Bonchev–Trinajstić information content (AvgIpc) is 1.69. The molecule has 2 nitrogen and oxygen atoms in total. The van der Waals surface area contributed by atoms with Crippen molar-refractivity contribution in [1.29, 1.82) is 0 Å². The third-order valence-electron chi connectivity index (χ3n) is 0.448. The van der Waals surface area contributed by atoms with Crippen molar-refractivity contribution in [2.45, 2.75) is 0 Å². The van der Waals surface area contributed by atoms with Crippen LogP contribution in [-0.2, 0) is 0 Å². The Morgan fingerprint density at radius 1 is 1.71 bits per heavy atom. The number of nitrogens with zero attached hydrogens (tertiary/aromatic N) is 2. The molecule has 0 spiro atoms. The standard InChI is InChI=1S/C4HBrN2/c5-4-1-6-3-7-2-4/h1H. The summed E-state index contributed by atoms with van der Waals surface area (Å²) in [5.41, 5.74) is 0. The quantitative estimate of drug-likeness (QED) is 0.557. The van der Waals surface area contributed by atoms with E-state index in [9.17, 15) is 0 Å². The van der Waals surface area contributed by atoms with Gasteiger partial charge in [-0.25, -0.2) is 9.97 Å². The maximum atomic E-state index is 3.57. The van der Waals surface area contributed by atoms with E-state index in [1.54, 1.807) is 6.20 Å². The van der Waals surface area contributed by atoms with Crippen molar-refractivity contribution in [3.8, 4) is 0 Å². The van der Waals surface area contributed by atoms with Gasteiger partial charge in [0.1, 0.15) is 6.20 Å². The Bertz CT molecular complexity index is 140. The molecule has 0 aliphatic heterocycles. The number of hydrogen-bond acceptors (Lipinski definition) is 2. The molecule has 0 bridgehead atoms. The van der Waals surface area contributed by atoms with Crippen LogP contribution in [0.1, 0.15) is 0 Å². The largest absolute Gasteiger partial charge is 0.233 e.